The Kier molecular flexibility index (Phi) is 17.6. The quantitative estimate of drug-likeness (QED) is 0.136. The third-order valence-corrected chi connectivity index (χ3v) is 24.9. The minimum atomic E-state index is -0.691. The van der Waals surface area contributed by atoms with E-state index in [2.05, 4.69) is 313 Å². The lowest BCUT2D eigenvalue weighted by atomic mass is 9.66. The van der Waals surface area contributed by atoms with E-state index in [0.29, 0.717) is 34.8 Å². The molecule has 0 atom stereocenters. The second kappa shape index (κ2) is 28.8. The van der Waals surface area contributed by atoms with Crippen molar-refractivity contribution >= 4 is 50.3 Å². The number of hydrogen-bond donors (Lipinski definition) is 0. The molecule has 1 saturated heterocycles. The van der Waals surface area contributed by atoms with Gasteiger partial charge in [0.05, 0.1) is 22.0 Å². The zero-order chi connectivity index (χ0) is 79.3. The van der Waals surface area contributed by atoms with Crippen molar-refractivity contribution in [3.63, 3.8) is 0 Å². The van der Waals surface area contributed by atoms with Gasteiger partial charge >= 0.3 is 7.12 Å². The molecular formula is C106H74BBrN6O4. The van der Waals surface area contributed by atoms with Crippen LogP contribution in [-0.4, -0.2) is 48.2 Å². The van der Waals surface area contributed by atoms with Gasteiger partial charge in [-0.05, 0) is 153 Å². The van der Waals surface area contributed by atoms with Gasteiger partial charge in [0.2, 0.25) is 0 Å². The van der Waals surface area contributed by atoms with Gasteiger partial charge in [0, 0.05) is 60.1 Å². The summed E-state index contributed by atoms with van der Waals surface area (Å²) < 4.78 is 26.7. The average molecular weight is 1590 g/mol. The van der Waals surface area contributed by atoms with Crippen molar-refractivity contribution in [3.8, 4) is 124 Å². The van der Waals surface area contributed by atoms with Crippen molar-refractivity contribution in [2.24, 2.45) is 0 Å². The highest BCUT2D eigenvalue weighted by atomic mass is 79.9. The van der Waals surface area contributed by atoms with Crippen LogP contribution in [0.2, 0.25) is 0 Å². The van der Waals surface area contributed by atoms with Crippen LogP contribution in [0.3, 0.4) is 0 Å². The van der Waals surface area contributed by atoms with Gasteiger partial charge in [-0.3, -0.25) is 0 Å². The minimum absolute atomic E-state index is 0.360. The molecule has 0 saturated carbocycles. The Morgan fingerprint density at radius 1 is 0.229 bits per heavy atom. The molecule has 118 heavy (non-hydrogen) atoms. The minimum Gasteiger partial charge on any atom is -0.457 e. The molecule has 5 aliphatic rings. The van der Waals surface area contributed by atoms with Crippen molar-refractivity contribution in [1.29, 1.82) is 0 Å². The Morgan fingerprint density at radius 3 is 0.958 bits per heavy atom. The zero-order valence-electron chi connectivity index (χ0n) is 65.1. The van der Waals surface area contributed by atoms with Gasteiger partial charge in [0.1, 0.15) is 23.0 Å². The largest absolute Gasteiger partial charge is 0.534 e. The molecule has 0 amide bonds. The monoisotopic (exact) mass is 1580 g/mol. The summed E-state index contributed by atoms with van der Waals surface area (Å²) >= 11 is 3.82. The van der Waals surface area contributed by atoms with Crippen molar-refractivity contribution in [2.45, 2.75) is 49.7 Å². The number of nitrogens with zero attached hydrogens (tertiary/aromatic N) is 6. The molecule has 10 nitrogen and oxygen atoms in total. The first-order valence-corrected chi connectivity index (χ1v) is 40.7. The van der Waals surface area contributed by atoms with Crippen molar-refractivity contribution in [3.05, 3.63) is 425 Å². The molecule has 0 N–H and O–H groups in total. The molecule has 12 heteroatoms. The number of para-hydroxylation sites is 4. The molecule has 0 radical (unpaired) electrons. The molecule has 18 aromatic rings. The Bertz CT molecular complexity index is 6900. The molecule has 3 aliphatic heterocycles. The summed E-state index contributed by atoms with van der Waals surface area (Å²) in [6.07, 6.45) is 0. The van der Waals surface area contributed by atoms with Gasteiger partial charge in [-0.15, -0.1) is 0 Å². The molecule has 16 aromatic carbocycles. The molecule has 0 unspecified atom stereocenters. The topological polar surface area (TPSA) is 114 Å². The predicted octanol–water partition coefficient (Wildman–Crippen LogP) is 25.4. The summed E-state index contributed by atoms with van der Waals surface area (Å²) in [4.78, 5) is 30.5. The summed E-state index contributed by atoms with van der Waals surface area (Å²) in [6, 6.07) is 131. The van der Waals surface area contributed by atoms with Crippen LogP contribution in [0, 0.1) is 0 Å². The van der Waals surface area contributed by atoms with E-state index in [1.54, 1.807) is 0 Å². The highest BCUT2D eigenvalue weighted by Gasteiger charge is 2.55. The highest BCUT2D eigenvalue weighted by molar-refractivity contribution is 9.10. The van der Waals surface area contributed by atoms with Crippen LogP contribution in [0.15, 0.2) is 381 Å². The van der Waals surface area contributed by atoms with E-state index in [-0.39, 0.29) is 5.41 Å². The summed E-state index contributed by atoms with van der Waals surface area (Å²) in [5.41, 5.74) is 22.4. The third-order valence-electron chi connectivity index (χ3n) is 24.2. The van der Waals surface area contributed by atoms with E-state index in [1.807, 2.05) is 107 Å². The van der Waals surface area contributed by atoms with Crippen LogP contribution in [0.5, 0.6) is 23.0 Å². The first kappa shape index (κ1) is 71.9. The van der Waals surface area contributed by atoms with E-state index in [4.69, 9.17) is 48.7 Å². The fourth-order valence-electron chi connectivity index (χ4n) is 18.3. The maximum atomic E-state index is 6.58. The van der Waals surface area contributed by atoms with E-state index in [0.717, 1.165) is 99.1 Å². The lowest BCUT2D eigenvalue weighted by Gasteiger charge is -2.39. The van der Waals surface area contributed by atoms with E-state index in [9.17, 15) is 0 Å². The number of fused-ring (bicyclic) bond motifs is 20. The van der Waals surface area contributed by atoms with Gasteiger partial charge in [0.25, 0.3) is 0 Å². The van der Waals surface area contributed by atoms with Crippen LogP contribution < -0.4 is 15.2 Å². The SMILES string of the molecule is Brc1cccc2c1-c1ccccc1C21c2ccccc2Oc2ccccc21.CC1(C)OB(c2nc(-c3ccccc3)nc(-c3ccc(-c4ccccc4)c4ccccc34)n2)OC1(C)C.c1ccc(-c2nc(-c3cccc4c3-c3ccccc3C43c4ccccc4Oc4ccccc43)nc(-c3ccc(-c4ccccc4)c4ccccc34)n2)cc1. The van der Waals surface area contributed by atoms with E-state index in [1.165, 1.54) is 66.8 Å². The Labute approximate surface area is 693 Å². The van der Waals surface area contributed by atoms with Crippen molar-refractivity contribution < 1.29 is 18.8 Å². The molecule has 1 fully saturated rings. The number of ether oxygens (including phenoxy) is 2. The number of halogens is 1. The van der Waals surface area contributed by atoms with Crippen molar-refractivity contribution in [2.75, 3.05) is 0 Å². The van der Waals surface area contributed by atoms with Crippen LogP contribution in [-0.2, 0) is 20.1 Å². The lowest BCUT2D eigenvalue weighted by molar-refractivity contribution is 0.00578. The van der Waals surface area contributed by atoms with Gasteiger partial charge < -0.3 is 18.8 Å². The number of hydrogen-bond acceptors (Lipinski definition) is 10. The number of aromatic nitrogens is 6. The van der Waals surface area contributed by atoms with Crippen LogP contribution in [0.1, 0.15) is 72.2 Å². The molecule has 5 heterocycles. The predicted molar refractivity (Wildman–Crippen MR) is 477 cm³/mol. The van der Waals surface area contributed by atoms with Gasteiger partial charge in [-0.1, -0.05) is 350 Å². The Morgan fingerprint density at radius 2 is 0.517 bits per heavy atom. The van der Waals surface area contributed by atoms with Crippen LogP contribution >= 0.6 is 15.9 Å². The standard InChI is InChI=1S/C50H31N3O.C31H28BN3O2.C25H15BrO/c1-3-16-32(17-4-1)34-30-31-37(36-21-8-7-20-35(34)36)48-51-47(33-18-5-2-6-19-33)52-49(53-48)39-23-15-27-43-46(39)38-22-9-10-24-40(38)50(43)41-25-11-13-28-44(41)54-45-29-14-12-26-42(45)50;1-30(2)31(3,4)37-32(36-30)29-34-27(22-15-9-6-10-16-22)33-28(35-29)26-20-19-23(21-13-7-5-8-14-21)24-17-11-12-18-25(24)26;26-21-13-7-12-20-24(21)16-8-1-2-9-17(16)25(20)18-10-3-5-14-22(18)27-23-15-6-4-11-19(23)25/h1-31H;5-20H,1-4H3;1-15H. The summed E-state index contributed by atoms with van der Waals surface area (Å²) in [7, 11) is -0.691. The molecule has 0 bridgehead atoms. The summed E-state index contributed by atoms with van der Waals surface area (Å²) in [5.74, 6) is 6.67. The van der Waals surface area contributed by atoms with E-state index < -0.39 is 23.7 Å². The molecule has 2 aromatic heterocycles. The maximum absolute atomic E-state index is 6.58. The molecule has 2 spiro atoms. The average Bonchev–Trinajstić information content (AvgIpc) is 1.53. The van der Waals surface area contributed by atoms with Crippen LogP contribution in [0.25, 0.3) is 123 Å². The van der Waals surface area contributed by atoms with Gasteiger partial charge in [0.15, 0.2) is 34.8 Å². The molecule has 562 valence electrons. The summed E-state index contributed by atoms with van der Waals surface area (Å²) in [6.45, 7) is 8.12. The fraction of sp³-hybridized carbons (Fsp3) is 0.0755. The Hall–Kier alpha value is -13.9. The van der Waals surface area contributed by atoms with Gasteiger partial charge in [-0.2, -0.15) is 0 Å². The zero-order valence-corrected chi connectivity index (χ0v) is 66.7. The van der Waals surface area contributed by atoms with E-state index >= 15 is 0 Å². The fourth-order valence-corrected chi connectivity index (χ4v) is 18.9. The smallest absolute Gasteiger partial charge is 0.457 e. The molecular weight excluding hydrogens is 1510 g/mol. The normalized spacial score (nSPS) is 14.5. The number of rotatable bonds is 8. The second-order valence-electron chi connectivity index (χ2n) is 31.3. The lowest BCUT2D eigenvalue weighted by Crippen LogP contribution is -2.41. The van der Waals surface area contributed by atoms with Crippen molar-refractivity contribution in [1.82, 2.24) is 29.9 Å². The first-order valence-electron chi connectivity index (χ1n) is 39.9. The third kappa shape index (κ3) is 11.7. The second-order valence-corrected chi connectivity index (χ2v) is 32.1. The first-order chi connectivity index (χ1) is 57.9. The molecule has 2 aliphatic carbocycles. The number of benzene rings is 16. The van der Waals surface area contributed by atoms with Gasteiger partial charge in [-0.25, -0.2) is 29.9 Å². The highest BCUT2D eigenvalue weighted by Crippen LogP contribution is 2.65. The van der Waals surface area contributed by atoms with Crippen LogP contribution in [0.4, 0.5) is 0 Å². The Balaban J connectivity index is 0.000000117. The maximum Gasteiger partial charge on any atom is 0.534 e. The molecule has 23 rings (SSSR count). The summed E-state index contributed by atoms with van der Waals surface area (Å²) in [5, 5.41) is 4.46.